The zero-order valence-corrected chi connectivity index (χ0v) is 13.5. The van der Waals surface area contributed by atoms with E-state index in [4.69, 9.17) is 4.74 Å². The van der Waals surface area contributed by atoms with Gasteiger partial charge in [-0.1, -0.05) is 11.3 Å². The summed E-state index contributed by atoms with van der Waals surface area (Å²) in [5, 5.41) is 9.17. The summed E-state index contributed by atoms with van der Waals surface area (Å²) in [4.78, 5) is 4.66. The van der Waals surface area contributed by atoms with Crippen molar-refractivity contribution in [3.05, 3.63) is 28.2 Å². The summed E-state index contributed by atoms with van der Waals surface area (Å²) in [6.45, 7) is 3.91. The maximum atomic E-state index is 5.19. The van der Waals surface area contributed by atoms with Gasteiger partial charge in [0.15, 0.2) is 3.92 Å². The molecule has 0 spiro atoms. The van der Waals surface area contributed by atoms with Crippen molar-refractivity contribution in [1.82, 2.24) is 10.2 Å². The predicted molar refractivity (Wildman–Crippen MR) is 85.0 cm³/mol. The van der Waals surface area contributed by atoms with Crippen molar-refractivity contribution in [2.75, 3.05) is 43.1 Å². The first-order chi connectivity index (χ1) is 9.76. The number of benzene rings is 1. The lowest BCUT2D eigenvalue weighted by Crippen LogP contribution is -2.46. The molecule has 3 rings (SSSR count). The van der Waals surface area contributed by atoms with Crippen molar-refractivity contribution >= 4 is 38.1 Å². The summed E-state index contributed by atoms with van der Waals surface area (Å²) >= 11 is 4.94. The maximum absolute atomic E-state index is 5.19. The van der Waals surface area contributed by atoms with Gasteiger partial charge in [-0.3, -0.25) is 0 Å². The molecule has 1 aromatic carbocycles. The van der Waals surface area contributed by atoms with E-state index in [9.17, 15) is 0 Å². The molecule has 1 fully saturated rings. The van der Waals surface area contributed by atoms with E-state index in [1.165, 1.54) is 5.69 Å². The van der Waals surface area contributed by atoms with Crippen LogP contribution in [0, 0.1) is 0 Å². The molecule has 0 N–H and O–H groups in total. The molecule has 1 aromatic heterocycles. The van der Waals surface area contributed by atoms with Gasteiger partial charge in [0, 0.05) is 31.9 Å². The van der Waals surface area contributed by atoms with E-state index in [0.29, 0.717) is 0 Å². The fraction of sp³-hybridized carbons (Fsp3) is 0.385. The average molecular weight is 355 g/mol. The van der Waals surface area contributed by atoms with Crippen molar-refractivity contribution < 1.29 is 4.74 Å². The van der Waals surface area contributed by atoms with Crippen LogP contribution in [0.3, 0.4) is 0 Å². The lowest BCUT2D eigenvalue weighted by atomic mass is 10.2. The second-order valence-electron chi connectivity index (χ2n) is 4.51. The van der Waals surface area contributed by atoms with E-state index in [1.807, 2.05) is 12.1 Å². The van der Waals surface area contributed by atoms with Gasteiger partial charge in [0.2, 0.25) is 5.13 Å². The van der Waals surface area contributed by atoms with E-state index in [1.54, 1.807) is 18.4 Å². The Morgan fingerprint density at radius 3 is 2.25 bits per heavy atom. The molecule has 0 atom stereocenters. The third kappa shape index (κ3) is 2.88. The number of hydrogen-bond acceptors (Lipinski definition) is 6. The van der Waals surface area contributed by atoms with Crippen molar-refractivity contribution in [2.45, 2.75) is 0 Å². The first-order valence-electron chi connectivity index (χ1n) is 6.39. The molecule has 0 radical (unpaired) electrons. The van der Waals surface area contributed by atoms with Crippen molar-refractivity contribution in [3.8, 4) is 5.75 Å². The molecular formula is C13H15BrN4OS. The minimum absolute atomic E-state index is 0.838. The maximum Gasteiger partial charge on any atom is 0.209 e. The highest BCUT2D eigenvalue weighted by Crippen LogP contribution is 2.26. The number of ether oxygens (including phenoxy) is 1. The van der Waals surface area contributed by atoms with Gasteiger partial charge in [0.25, 0.3) is 0 Å². The zero-order chi connectivity index (χ0) is 13.9. The average Bonchev–Trinajstić information content (AvgIpc) is 2.94. The Bertz CT molecular complexity index is 566. The number of hydrogen-bond donors (Lipinski definition) is 0. The van der Waals surface area contributed by atoms with Gasteiger partial charge in [-0.25, -0.2) is 0 Å². The number of piperazine rings is 1. The van der Waals surface area contributed by atoms with Crippen LogP contribution >= 0.6 is 27.3 Å². The molecule has 1 saturated heterocycles. The van der Waals surface area contributed by atoms with E-state index in [0.717, 1.165) is 41.0 Å². The molecule has 0 unspecified atom stereocenters. The summed E-state index contributed by atoms with van der Waals surface area (Å²) < 4.78 is 6.03. The monoisotopic (exact) mass is 354 g/mol. The van der Waals surface area contributed by atoms with Crippen LogP contribution in [0.25, 0.3) is 0 Å². The summed E-state index contributed by atoms with van der Waals surface area (Å²) in [6, 6.07) is 8.22. The summed E-state index contributed by atoms with van der Waals surface area (Å²) in [7, 11) is 1.69. The Morgan fingerprint density at radius 1 is 1.05 bits per heavy atom. The number of methoxy groups -OCH3 is 1. The van der Waals surface area contributed by atoms with Crippen molar-refractivity contribution in [3.63, 3.8) is 0 Å². The Balaban J connectivity index is 1.63. The summed E-state index contributed by atoms with van der Waals surface area (Å²) in [5.41, 5.74) is 1.24. The molecule has 2 aromatic rings. The standard InChI is InChI=1S/C13H15BrN4OS/c1-19-11-4-2-10(3-5-11)17-6-8-18(9-7-17)13-16-15-12(14)20-13/h2-5H,6-9H2,1H3. The number of rotatable bonds is 3. The molecule has 1 aliphatic heterocycles. The molecule has 0 bridgehead atoms. The molecule has 7 heteroatoms. The van der Waals surface area contributed by atoms with Gasteiger partial charge in [-0.2, -0.15) is 0 Å². The first-order valence-corrected chi connectivity index (χ1v) is 8.00. The SMILES string of the molecule is COc1ccc(N2CCN(c3nnc(Br)s3)CC2)cc1. The second kappa shape index (κ2) is 5.97. The normalized spacial score (nSPS) is 15.5. The molecular weight excluding hydrogens is 340 g/mol. The third-order valence-electron chi connectivity index (χ3n) is 3.38. The van der Waals surface area contributed by atoms with E-state index in [-0.39, 0.29) is 0 Å². The van der Waals surface area contributed by atoms with Crippen LogP contribution < -0.4 is 14.5 Å². The van der Waals surface area contributed by atoms with Crippen molar-refractivity contribution in [2.24, 2.45) is 0 Å². The number of nitrogens with zero attached hydrogens (tertiary/aromatic N) is 4. The third-order valence-corrected chi connectivity index (χ3v) is 4.79. The molecule has 5 nitrogen and oxygen atoms in total. The molecule has 2 heterocycles. The van der Waals surface area contributed by atoms with Crippen LogP contribution in [-0.4, -0.2) is 43.5 Å². The van der Waals surface area contributed by atoms with Crippen LogP contribution in [-0.2, 0) is 0 Å². The fourth-order valence-corrected chi connectivity index (χ4v) is 3.41. The van der Waals surface area contributed by atoms with Gasteiger partial charge in [-0.15, -0.1) is 10.2 Å². The highest BCUT2D eigenvalue weighted by Gasteiger charge is 2.20. The molecule has 106 valence electrons. The molecule has 20 heavy (non-hydrogen) atoms. The van der Waals surface area contributed by atoms with Crippen LogP contribution in [0.2, 0.25) is 0 Å². The van der Waals surface area contributed by atoms with Crippen LogP contribution in [0.5, 0.6) is 5.75 Å². The van der Waals surface area contributed by atoms with Crippen LogP contribution in [0.4, 0.5) is 10.8 Å². The highest BCUT2D eigenvalue weighted by atomic mass is 79.9. The topological polar surface area (TPSA) is 41.5 Å². The van der Waals surface area contributed by atoms with Crippen LogP contribution in [0.1, 0.15) is 0 Å². The minimum Gasteiger partial charge on any atom is -0.497 e. The Hall–Kier alpha value is -1.34. The number of aromatic nitrogens is 2. The first kappa shape index (κ1) is 13.6. The predicted octanol–water partition coefficient (Wildman–Crippen LogP) is 2.64. The van der Waals surface area contributed by atoms with E-state index >= 15 is 0 Å². The van der Waals surface area contributed by atoms with Crippen LogP contribution in [0.15, 0.2) is 28.2 Å². The number of anilines is 2. The second-order valence-corrected chi connectivity index (χ2v) is 6.74. The molecule has 0 saturated carbocycles. The van der Waals surface area contributed by atoms with Crippen molar-refractivity contribution in [1.29, 1.82) is 0 Å². The smallest absolute Gasteiger partial charge is 0.209 e. The lowest BCUT2D eigenvalue weighted by Gasteiger charge is -2.35. The summed E-state index contributed by atoms with van der Waals surface area (Å²) in [5.74, 6) is 0.895. The Kier molecular flexibility index (Phi) is 4.07. The van der Waals surface area contributed by atoms with E-state index < -0.39 is 0 Å². The summed E-state index contributed by atoms with van der Waals surface area (Å²) in [6.07, 6.45) is 0. The molecule has 1 aliphatic rings. The Morgan fingerprint density at radius 2 is 1.70 bits per heavy atom. The van der Waals surface area contributed by atoms with E-state index in [2.05, 4.69) is 48.1 Å². The van der Waals surface area contributed by atoms with Gasteiger partial charge in [0.05, 0.1) is 7.11 Å². The minimum atomic E-state index is 0.838. The largest absolute Gasteiger partial charge is 0.497 e. The quantitative estimate of drug-likeness (QED) is 0.847. The lowest BCUT2D eigenvalue weighted by molar-refractivity contribution is 0.415. The van der Waals surface area contributed by atoms with Gasteiger partial charge in [-0.05, 0) is 40.2 Å². The van der Waals surface area contributed by atoms with Gasteiger partial charge < -0.3 is 14.5 Å². The zero-order valence-electron chi connectivity index (χ0n) is 11.1. The highest BCUT2D eigenvalue weighted by molar-refractivity contribution is 9.11. The van der Waals surface area contributed by atoms with Gasteiger partial charge in [0.1, 0.15) is 5.75 Å². The van der Waals surface area contributed by atoms with Gasteiger partial charge >= 0.3 is 0 Å². The number of halogens is 1. The Labute approximate surface area is 130 Å². The molecule has 0 aliphatic carbocycles. The molecule has 0 amide bonds. The fourth-order valence-electron chi connectivity index (χ4n) is 2.28.